The zero-order valence-corrected chi connectivity index (χ0v) is 10.4. The fraction of sp³-hybridized carbons (Fsp3) is 0. The first-order chi connectivity index (χ1) is 8.81. The topological polar surface area (TPSA) is 16.8 Å². The Morgan fingerprint density at radius 2 is 1.72 bits per heavy atom. The molecule has 0 bridgehead atoms. The van der Waals surface area contributed by atoms with Gasteiger partial charge < -0.3 is 4.40 Å². The molecular weight excluding hydrogens is 244 g/mol. The van der Waals surface area contributed by atoms with Crippen LogP contribution in [0.2, 0.25) is 5.02 Å². The van der Waals surface area contributed by atoms with E-state index in [-0.39, 0.29) is 0 Å². The summed E-state index contributed by atoms with van der Waals surface area (Å²) in [5.41, 5.74) is 2.02. The molecule has 2 aromatic heterocycles. The van der Waals surface area contributed by atoms with Gasteiger partial charge in [-0.3, -0.25) is 0 Å². The van der Waals surface area contributed by atoms with Crippen molar-refractivity contribution in [2.45, 2.75) is 0 Å². The van der Waals surface area contributed by atoms with Crippen LogP contribution in [0.5, 0.6) is 0 Å². The van der Waals surface area contributed by atoms with Gasteiger partial charge in [0.2, 0.25) is 0 Å². The summed E-state index contributed by atoms with van der Waals surface area (Å²) in [5, 5.41) is 1.66. The number of nitrogens with zero attached hydrogens (tertiary/aromatic N) is 2. The van der Waals surface area contributed by atoms with Crippen LogP contribution in [0, 0.1) is 0 Å². The second kappa shape index (κ2) is 4.67. The molecule has 0 spiro atoms. The van der Waals surface area contributed by atoms with E-state index in [0.717, 1.165) is 21.6 Å². The molecular formula is C15H11ClN2. The highest BCUT2D eigenvalue weighted by molar-refractivity contribution is 6.30. The highest BCUT2D eigenvalue weighted by atomic mass is 35.5. The van der Waals surface area contributed by atoms with Gasteiger partial charge in [-0.1, -0.05) is 17.7 Å². The maximum atomic E-state index is 5.85. The predicted octanol–water partition coefficient (Wildman–Crippen LogP) is 3.83. The lowest BCUT2D eigenvalue weighted by Gasteiger charge is -1.99. The number of benzene rings is 1. The molecule has 0 unspecified atom stereocenters. The number of halogens is 1. The number of fused-ring (bicyclic) bond motifs is 1. The Kier molecular flexibility index (Phi) is 2.87. The minimum absolute atomic E-state index is 0.725. The number of aromatic nitrogens is 1. The molecule has 3 aromatic rings. The predicted molar refractivity (Wildman–Crippen MR) is 74.1 cm³/mol. The van der Waals surface area contributed by atoms with Gasteiger partial charge in [-0.15, -0.1) is 0 Å². The molecule has 0 atom stereocenters. The van der Waals surface area contributed by atoms with Crippen molar-refractivity contribution in [3.05, 3.63) is 77.4 Å². The van der Waals surface area contributed by atoms with Crippen LogP contribution in [-0.4, -0.2) is 4.40 Å². The molecule has 0 saturated heterocycles. The Morgan fingerprint density at radius 3 is 2.56 bits per heavy atom. The molecule has 1 aromatic carbocycles. The van der Waals surface area contributed by atoms with Crippen molar-refractivity contribution in [2.75, 3.05) is 0 Å². The van der Waals surface area contributed by atoms with Crippen LogP contribution in [0.25, 0.3) is 5.52 Å². The molecule has 0 fully saturated rings. The molecule has 0 saturated carbocycles. The highest BCUT2D eigenvalue weighted by Gasteiger charge is 1.91. The van der Waals surface area contributed by atoms with Crippen LogP contribution in [0.15, 0.2) is 72.0 Å². The lowest BCUT2D eigenvalue weighted by molar-refractivity contribution is 1.14. The molecule has 0 radical (unpaired) electrons. The van der Waals surface area contributed by atoms with E-state index in [1.807, 2.05) is 54.9 Å². The third-order valence-electron chi connectivity index (χ3n) is 2.71. The van der Waals surface area contributed by atoms with Crippen molar-refractivity contribution in [1.82, 2.24) is 4.40 Å². The van der Waals surface area contributed by atoms with Crippen molar-refractivity contribution in [2.24, 2.45) is 4.99 Å². The van der Waals surface area contributed by atoms with E-state index in [2.05, 4.69) is 21.5 Å². The number of pyridine rings is 2. The van der Waals surface area contributed by atoms with Crippen LogP contribution in [0.3, 0.4) is 0 Å². The summed E-state index contributed by atoms with van der Waals surface area (Å²) in [6, 6.07) is 17.6. The zero-order chi connectivity index (χ0) is 12.4. The Hall–Kier alpha value is -2.06. The van der Waals surface area contributed by atoms with Gasteiger partial charge in [-0.05, 0) is 48.5 Å². The van der Waals surface area contributed by atoms with Crippen LogP contribution in [0.4, 0.5) is 5.69 Å². The van der Waals surface area contributed by atoms with Crippen molar-refractivity contribution in [3.63, 3.8) is 0 Å². The van der Waals surface area contributed by atoms with Crippen LogP contribution in [-0.2, 0) is 0 Å². The average Bonchev–Trinajstić information content (AvgIpc) is 2.41. The maximum absolute atomic E-state index is 5.85. The lowest BCUT2D eigenvalue weighted by atomic mass is 10.3. The van der Waals surface area contributed by atoms with Gasteiger partial charge in [0.1, 0.15) is 0 Å². The Balaban J connectivity index is 2.11. The number of hydrogen-bond donors (Lipinski definition) is 0. The summed E-state index contributed by atoms with van der Waals surface area (Å²) >= 11 is 5.85. The molecule has 3 heteroatoms. The minimum atomic E-state index is 0.725. The summed E-state index contributed by atoms with van der Waals surface area (Å²) in [5.74, 6) is 0. The first-order valence-electron chi connectivity index (χ1n) is 5.69. The van der Waals surface area contributed by atoms with E-state index in [9.17, 15) is 0 Å². The SMILES string of the molecule is Clc1ccc(/N=c2\ccn3ccccc3c2)cc1. The molecule has 88 valence electrons. The number of hydrogen-bond acceptors (Lipinski definition) is 1. The maximum Gasteiger partial charge on any atom is 0.0672 e. The van der Waals surface area contributed by atoms with Crippen LogP contribution in [0.1, 0.15) is 0 Å². The molecule has 0 aliphatic carbocycles. The Labute approximate surface area is 110 Å². The molecule has 3 rings (SSSR count). The third kappa shape index (κ3) is 2.29. The fourth-order valence-corrected chi connectivity index (χ4v) is 1.94. The monoisotopic (exact) mass is 254 g/mol. The van der Waals surface area contributed by atoms with Gasteiger partial charge >= 0.3 is 0 Å². The van der Waals surface area contributed by atoms with Gasteiger partial charge in [-0.2, -0.15) is 0 Å². The molecule has 0 aliphatic heterocycles. The molecule has 18 heavy (non-hydrogen) atoms. The van der Waals surface area contributed by atoms with Crippen LogP contribution >= 0.6 is 11.6 Å². The summed E-state index contributed by atoms with van der Waals surface area (Å²) < 4.78 is 2.06. The normalized spacial score (nSPS) is 11.9. The minimum Gasteiger partial charge on any atom is -0.324 e. The van der Waals surface area contributed by atoms with Gasteiger partial charge in [0.15, 0.2) is 0 Å². The van der Waals surface area contributed by atoms with E-state index < -0.39 is 0 Å². The van der Waals surface area contributed by atoms with E-state index >= 15 is 0 Å². The van der Waals surface area contributed by atoms with Gasteiger partial charge in [0.05, 0.1) is 11.0 Å². The standard InChI is InChI=1S/C15H11ClN2/c16-12-4-6-13(7-5-12)17-14-8-10-18-9-2-1-3-15(18)11-14/h1-11H/b17-14+. The van der Waals surface area contributed by atoms with E-state index in [1.165, 1.54) is 0 Å². The summed E-state index contributed by atoms with van der Waals surface area (Å²) in [6.45, 7) is 0. The smallest absolute Gasteiger partial charge is 0.0672 e. The quantitative estimate of drug-likeness (QED) is 0.628. The molecule has 0 aliphatic rings. The Bertz CT molecular complexity index is 742. The number of rotatable bonds is 1. The van der Waals surface area contributed by atoms with Crippen molar-refractivity contribution >= 4 is 22.8 Å². The van der Waals surface area contributed by atoms with Crippen molar-refractivity contribution < 1.29 is 0 Å². The van der Waals surface area contributed by atoms with Gasteiger partial charge in [0.25, 0.3) is 0 Å². The van der Waals surface area contributed by atoms with E-state index in [1.54, 1.807) is 0 Å². The van der Waals surface area contributed by atoms with E-state index in [0.29, 0.717) is 0 Å². The summed E-state index contributed by atoms with van der Waals surface area (Å²) in [6.07, 6.45) is 4.02. The molecule has 2 heterocycles. The molecule has 2 nitrogen and oxygen atoms in total. The zero-order valence-electron chi connectivity index (χ0n) is 9.62. The van der Waals surface area contributed by atoms with Crippen molar-refractivity contribution in [1.29, 1.82) is 0 Å². The van der Waals surface area contributed by atoms with Gasteiger partial charge in [0, 0.05) is 22.9 Å². The average molecular weight is 255 g/mol. The third-order valence-corrected chi connectivity index (χ3v) is 2.96. The van der Waals surface area contributed by atoms with Gasteiger partial charge in [-0.25, -0.2) is 4.99 Å². The largest absolute Gasteiger partial charge is 0.324 e. The van der Waals surface area contributed by atoms with Crippen LogP contribution < -0.4 is 5.36 Å². The first kappa shape index (κ1) is 11.1. The molecule has 0 amide bonds. The second-order valence-corrected chi connectivity index (χ2v) is 4.44. The first-order valence-corrected chi connectivity index (χ1v) is 6.06. The summed E-state index contributed by atoms with van der Waals surface area (Å²) in [7, 11) is 0. The fourth-order valence-electron chi connectivity index (χ4n) is 1.82. The Morgan fingerprint density at radius 1 is 0.889 bits per heavy atom. The highest BCUT2D eigenvalue weighted by Crippen LogP contribution is 2.15. The van der Waals surface area contributed by atoms with Crippen molar-refractivity contribution in [3.8, 4) is 0 Å². The second-order valence-electron chi connectivity index (χ2n) is 4.01. The van der Waals surface area contributed by atoms with E-state index in [4.69, 9.17) is 11.6 Å². The molecule has 0 N–H and O–H groups in total. The summed E-state index contributed by atoms with van der Waals surface area (Å²) in [4.78, 5) is 4.56. The lowest BCUT2D eigenvalue weighted by Crippen LogP contribution is -2.01.